The summed E-state index contributed by atoms with van der Waals surface area (Å²) in [6.07, 6.45) is 2.99. The topological polar surface area (TPSA) is 78.2 Å². The van der Waals surface area contributed by atoms with Gasteiger partial charge >= 0.3 is 0 Å². The van der Waals surface area contributed by atoms with Crippen molar-refractivity contribution >= 4 is 15.7 Å². The van der Waals surface area contributed by atoms with Gasteiger partial charge in [0.05, 0.1) is 5.69 Å². The van der Waals surface area contributed by atoms with Gasteiger partial charge in [0.25, 0.3) is 0 Å². The fourth-order valence-corrected chi connectivity index (χ4v) is 5.84. The van der Waals surface area contributed by atoms with Crippen LogP contribution in [0.2, 0.25) is 0 Å². The molecular formula is C21H28FN5O3S. The third-order valence-corrected chi connectivity index (χ3v) is 8.16. The predicted molar refractivity (Wildman–Crippen MR) is 117 cm³/mol. The molecule has 1 unspecified atom stereocenters. The molecule has 31 heavy (non-hydrogen) atoms. The highest BCUT2D eigenvalue weighted by Crippen LogP contribution is 2.34. The van der Waals surface area contributed by atoms with Gasteiger partial charge in [-0.05, 0) is 49.7 Å². The largest absolute Gasteiger partial charge is 0.369 e. The predicted octanol–water partition coefficient (Wildman–Crippen LogP) is 2.67. The number of benzene rings is 1. The van der Waals surface area contributed by atoms with Crippen LogP contribution in [0.15, 0.2) is 46.6 Å². The molecule has 8 nitrogen and oxygen atoms in total. The normalized spacial score (nSPS) is 22.1. The molecule has 10 heteroatoms. The van der Waals surface area contributed by atoms with Gasteiger partial charge in [0.2, 0.25) is 10.0 Å². The first kappa shape index (κ1) is 21.9. The summed E-state index contributed by atoms with van der Waals surface area (Å²) in [4.78, 5) is 16.3. The van der Waals surface area contributed by atoms with E-state index in [1.807, 2.05) is 16.7 Å². The van der Waals surface area contributed by atoms with Crippen molar-refractivity contribution in [2.45, 2.75) is 30.3 Å². The second-order valence-corrected chi connectivity index (χ2v) is 10.2. The van der Waals surface area contributed by atoms with Gasteiger partial charge in [0.1, 0.15) is 16.8 Å². The van der Waals surface area contributed by atoms with Crippen molar-refractivity contribution in [1.29, 1.82) is 0 Å². The number of aryl methyl sites for hydroxylation is 1. The molecule has 0 amide bonds. The van der Waals surface area contributed by atoms with Gasteiger partial charge < -0.3 is 9.47 Å². The Balaban J connectivity index is 1.35. The number of halogens is 1. The molecule has 0 bridgehead atoms. The van der Waals surface area contributed by atoms with Crippen LogP contribution >= 0.6 is 0 Å². The second kappa shape index (κ2) is 9.05. The number of sulfonamides is 1. The average Bonchev–Trinajstić information content (AvgIpc) is 3.16. The summed E-state index contributed by atoms with van der Waals surface area (Å²) in [6.45, 7) is 5.40. The van der Waals surface area contributed by atoms with Crippen LogP contribution in [0.1, 0.15) is 24.6 Å². The third kappa shape index (κ3) is 4.51. The zero-order valence-corrected chi connectivity index (χ0v) is 18.5. The number of rotatable bonds is 6. The quantitative estimate of drug-likeness (QED) is 0.634. The van der Waals surface area contributed by atoms with Crippen molar-refractivity contribution in [2.24, 2.45) is 5.18 Å². The Bertz CT molecular complexity index is 1020. The lowest BCUT2D eigenvalue weighted by molar-refractivity contribution is 0.250. The summed E-state index contributed by atoms with van der Waals surface area (Å²) < 4.78 is 41.7. The van der Waals surface area contributed by atoms with Crippen LogP contribution in [0.3, 0.4) is 0 Å². The van der Waals surface area contributed by atoms with Crippen molar-refractivity contribution in [1.82, 2.24) is 13.8 Å². The second-order valence-electron chi connectivity index (χ2n) is 8.15. The first-order valence-electron chi connectivity index (χ1n) is 10.6. The zero-order valence-electron chi connectivity index (χ0n) is 17.7. The van der Waals surface area contributed by atoms with E-state index in [0.717, 1.165) is 44.8 Å². The van der Waals surface area contributed by atoms with Gasteiger partial charge in [0.15, 0.2) is 0 Å². The Kier molecular flexibility index (Phi) is 6.40. The molecule has 1 aromatic carbocycles. The number of nitroso groups, excluding NO2 is 1. The van der Waals surface area contributed by atoms with E-state index in [2.05, 4.69) is 15.0 Å². The standard InChI is InChI=1S/C21H28FN5O3S/c1-24-11-7-19(23-28)21-20(31(24,29)30)8-12-27(21)10-2-9-25-13-15-26(16-14-25)18-5-3-17(22)4-6-18/h3-6,8,12,19H,2,7,9-11,13-16H2,1H3. The minimum absolute atomic E-state index is 0.199. The molecule has 2 aromatic rings. The Hall–Kier alpha value is -2.30. The fourth-order valence-electron chi connectivity index (χ4n) is 4.41. The van der Waals surface area contributed by atoms with Crippen LogP contribution in [0.4, 0.5) is 10.1 Å². The highest BCUT2D eigenvalue weighted by Gasteiger charge is 2.34. The summed E-state index contributed by atoms with van der Waals surface area (Å²) in [6, 6.07) is 7.54. The molecule has 1 saturated heterocycles. The Morgan fingerprint density at radius 3 is 2.42 bits per heavy atom. The lowest BCUT2D eigenvalue weighted by Gasteiger charge is -2.36. The van der Waals surface area contributed by atoms with E-state index < -0.39 is 16.1 Å². The van der Waals surface area contributed by atoms with Crippen LogP contribution in [0.5, 0.6) is 0 Å². The molecule has 3 heterocycles. The molecular weight excluding hydrogens is 421 g/mol. The van der Waals surface area contributed by atoms with Crippen LogP contribution in [-0.4, -0.2) is 68.5 Å². The number of hydrogen-bond donors (Lipinski definition) is 0. The smallest absolute Gasteiger partial charge is 0.244 e. The number of hydrogen-bond acceptors (Lipinski definition) is 6. The van der Waals surface area contributed by atoms with Gasteiger partial charge in [0, 0.05) is 58.2 Å². The zero-order chi connectivity index (χ0) is 22.0. The van der Waals surface area contributed by atoms with Crippen molar-refractivity contribution in [3.05, 3.63) is 52.9 Å². The monoisotopic (exact) mass is 449 g/mol. The van der Waals surface area contributed by atoms with Crippen LogP contribution in [0.25, 0.3) is 0 Å². The van der Waals surface area contributed by atoms with Crippen molar-refractivity contribution in [2.75, 3.05) is 51.2 Å². The van der Waals surface area contributed by atoms with E-state index >= 15 is 0 Å². The van der Waals surface area contributed by atoms with Crippen molar-refractivity contribution in [3.8, 4) is 0 Å². The number of nitrogens with zero attached hydrogens (tertiary/aromatic N) is 5. The van der Waals surface area contributed by atoms with E-state index in [0.29, 0.717) is 18.7 Å². The maximum Gasteiger partial charge on any atom is 0.244 e. The summed E-state index contributed by atoms with van der Waals surface area (Å²) in [5.74, 6) is -0.225. The van der Waals surface area contributed by atoms with Crippen LogP contribution in [0, 0.1) is 10.7 Å². The molecule has 0 spiro atoms. The minimum atomic E-state index is -3.59. The minimum Gasteiger partial charge on any atom is -0.369 e. The van der Waals surface area contributed by atoms with Crippen LogP contribution in [-0.2, 0) is 16.6 Å². The lowest BCUT2D eigenvalue weighted by Crippen LogP contribution is -2.46. The van der Waals surface area contributed by atoms with E-state index in [-0.39, 0.29) is 17.3 Å². The van der Waals surface area contributed by atoms with E-state index in [4.69, 9.17) is 0 Å². The van der Waals surface area contributed by atoms with Gasteiger partial charge in [-0.25, -0.2) is 17.1 Å². The third-order valence-electron chi connectivity index (χ3n) is 6.25. The molecule has 2 aliphatic rings. The van der Waals surface area contributed by atoms with Gasteiger partial charge in [-0.15, -0.1) is 0 Å². The molecule has 1 atom stereocenters. The molecule has 0 N–H and O–H groups in total. The highest BCUT2D eigenvalue weighted by molar-refractivity contribution is 7.89. The molecule has 4 rings (SSSR count). The van der Waals surface area contributed by atoms with Gasteiger partial charge in [-0.3, -0.25) is 4.90 Å². The molecule has 0 radical (unpaired) electrons. The Labute approximate surface area is 182 Å². The highest BCUT2D eigenvalue weighted by atomic mass is 32.2. The van der Waals surface area contributed by atoms with E-state index in [1.54, 1.807) is 12.3 Å². The number of anilines is 1. The van der Waals surface area contributed by atoms with E-state index in [1.165, 1.54) is 23.5 Å². The molecule has 2 aliphatic heterocycles. The number of aromatic nitrogens is 1. The summed E-state index contributed by atoms with van der Waals surface area (Å²) in [5.41, 5.74) is 1.55. The molecule has 168 valence electrons. The average molecular weight is 450 g/mol. The first-order valence-corrected chi connectivity index (χ1v) is 12.0. The summed E-state index contributed by atoms with van der Waals surface area (Å²) >= 11 is 0. The fraction of sp³-hybridized carbons (Fsp3) is 0.524. The van der Waals surface area contributed by atoms with Crippen LogP contribution < -0.4 is 4.90 Å². The molecule has 0 saturated carbocycles. The summed E-state index contributed by atoms with van der Waals surface area (Å²) in [5, 5.41) is 3.22. The summed E-state index contributed by atoms with van der Waals surface area (Å²) in [7, 11) is -2.05. The lowest BCUT2D eigenvalue weighted by atomic mass is 10.1. The number of fused-ring (bicyclic) bond motifs is 1. The Morgan fingerprint density at radius 1 is 1.03 bits per heavy atom. The maximum absolute atomic E-state index is 13.1. The first-order chi connectivity index (χ1) is 14.9. The van der Waals surface area contributed by atoms with Gasteiger partial charge in [-0.2, -0.15) is 4.91 Å². The molecule has 1 fully saturated rings. The SMILES string of the molecule is CN1CCC(N=O)c2c(ccn2CCCN2CCN(c3ccc(F)cc3)CC2)S1(=O)=O. The molecule has 0 aliphatic carbocycles. The maximum atomic E-state index is 13.1. The Morgan fingerprint density at radius 2 is 1.74 bits per heavy atom. The van der Waals surface area contributed by atoms with E-state index in [9.17, 15) is 17.7 Å². The molecule has 1 aromatic heterocycles. The number of piperazine rings is 1. The van der Waals surface area contributed by atoms with Gasteiger partial charge in [-0.1, -0.05) is 5.18 Å². The van der Waals surface area contributed by atoms with Crippen molar-refractivity contribution in [3.63, 3.8) is 0 Å². The van der Waals surface area contributed by atoms with Crippen molar-refractivity contribution < 1.29 is 12.8 Å².